The van der Waals surface area contributed by atoms with Gasteiger partial charge in [-0.2, -0.15) is 0 Å². The summed E-state index contributed by atoms with van der Waals surface area (Å²) in [6, 6.07) is 3.69. The molecule has 0 aliphatic carbocycles. The summed E-state index contributed by atoms with van der Waals surface area (Å²) in [4.78, 5) is 13.3. The van der Waals surface area contributed by atoms with E-state index < -0.39 is 17.2 Å². The topological polar surface area (TPSA) is 29.5 Å². The predicted octanol–water partition coefficient (Wildman–Crippen LogP) is 2.35. The molecule has 0 saturated heterocycles. The molecule has 0 spiro atoms. The Hall–Kier alpha value is -1.49. The summed E-state index contributed by atoms with van der Waals surface area (Å²) < 4.78 is 30.6. The fraction of sp³-hybridized carbons (Fsp3) is 0.462. The van der Waals surface area contributed by atoms with Crippen LogP contribution in [0.2, 0.25) is 0 Å². The van der Waals surface area contributed by atoms with E-state index in [-0.39, 0.29) is 5.97 Å². The number of hydrogen-bond donors (Lipinski definition) is 0. The van der Waals surface area contributed by atoms with Crippen molar-refractivity contribution in [2.75, 3.05) is 14.2 Å². The molecule has 5 heteroatoms. The number of esters is 1. The lowest BCUT2D eigenvalue weighted by atomic mass is 10.0. The quantitative estimate of drug-likeness (QED) is 0.775. The Kier molecular flexibility index (Phi) is 4.40. The van der Waals surface area contributed by atoms with Crippen LogP contribution >= 0.6 is 0 Å². The van der Waals surface area contributed by atoms with Crippen LogP contribution in [-0.4, -0.2) is 30.6 Å². The molecule has 0 radical (unpaired) electrons. The minimum Gasteiger partial charge on any atom is -0.468 e. The molecule has 100 valence electrons. The first kappa shape index (κ1) is 14.6. The number of ether oxygens (including phenoxy) is 1. The summed E-state index contributed by atoms with van der Waals surface area (Å²) in [6.45, 7) is 3.73. The van der Waals surface area contributed by atoms with Gasteiger partial charge in [-0.3, -0.25) is 9.69 Å². The van der Waals surface area contributed by atoms with Gasteiger partial charge in [-0.15, -0.1) is 0 Å². The van der Waals surface area contributed by atoms with Gasteiger partial charge in [-0.25, -0.2) is 8.78 Å². The molecule has 0 heterocycles. The number of benzene rings is 1. The van der Waals surface area contributed by atoms with Crippen molar-refractivity contribution in [3.63, 3.8) is 0 Å². The zero-order valence-corrected chi connectivity index (χ0v) is 11.0. The van der Waals surface area contributed by atoms with E-state index in [0.29, 0.717) is 12.1 Å². The van der Waals surface area contributed by atoms with Crippen LogP contribution in [0.15, 0.2) is 18.2 Å². The van der Waals surface area contributed by atoms with Crippen LogP contribution in [-0.2, 0) is 16.1 Å². The molecule has 0 saturated carbocycles. The molecule has 0 bridgehead atoms. The van der Waals surface area contributed by atoms with Crippen LogP contribution in [0, 0.1) is 11.6 Å². The summed E-state index contributed by atoms with van der Waals surface area (Å²) in [5.74, 6) is -2.15. The van der Waals surface area contributed by atoms with Crippen LogP contribution in [0.1, 0.15) is 19.4 Å². The Bertz CT molecular complexity index is 447. The SMILES string of the molecule is COC(=O)C(C)(C)N(C)Cc1ccc(F)c(F)c1. The Morgan fingerprint density at radius 1 is 1.33 bits per heavy atom. The second-order valence-corrected chi connectivity index (χ2v) is 4.66. The van der Waals surface area contributed by atoms with E-state index in [0.717, 1.165) is 12.1 Å². The van der Waals surface area contributed by atoms with Gasteiger partial charge in [0.05, 0.1) is 7.11 Å². The first-order valence-corrected chi connectivity index (χ1v) is 5.52. The summed E-state index contributed by atoms with van der Waals surface area (Å²) in [7, 11) is 3.04. The highest BCUT2D eigenvalue weighted by Gasteiger charge is 2.33. The van der Waals surface area contributed by atoms with Crippen molar-refractivity contribution in [1.29, 1.82) is 0 Å². The average Bonchev–Trinajstić information content (AvgIpc) is 2.32. The molecule has 0 aromatic heterocycles. The fourth-order valence-electron chi connectivity index (χ4n) is 1.52. The van der Waals surface area contributed by atoms with E-state index in [1.165, 1.54) is 13.2 Å². The molecule has 18 heavy (non-hydrogen) atoms. The van der Waals surface area contributed by atoms with Gasteiger partial charge in [0.25, 0.3) is 0 Å². The van der Waals surface area contributed by atoms with Crippen molar-refractivity contribution in [3.8, 4) is 0 Å². The van der Waals surface area contributed by atoms with E-state index >= 15 is 0 Å². The van der Waals surface area contributed by atoms with Gasteiger partial charge in [0.15, 0.2) is 11.6 Å². The average molecular weight is 257 g/mol. The maximum Gasteiger partial charge on any atom is 0.325 e. The summed E-state index contributed by atoms with van der Waals surface area (Å²) >= 11 is 0. The zero-order chi connectivity index (χ0) is 13.9. The van der Waals surface area contributed by atoms with Crippen molar-refractivity contribution in [2.45, 2.75) is 25.9 Å². The van der Waals surface area contributed by atoms with Gasteiger partial charge in [0.2, 0.25) is 0 Å². The fourth-order valence-corrected chi connectivity index (χ4v) is 1.52. The Labute approximate surface area is 105 Å². The molecule has 0 N–H and O–H groups in total. The third kappa shape index (κ3) is 3.04. The molecule has 1 aromatic carbocycles. The predicted molar refractivity (Wildman–Crippen MR) is 63.9 cm³/mol. The number of rotatable bonds is 4. The second kappa shape index (κ2) is 5.44. The highest BCUT2D eigenvalue weighted by Crippen LogP contribution is 2.18. The van der Waals surface area contributed by atoms with E-state index in [9.17, 15) is 13.6 Å². The molecule has 1 rings (SSSR count). The minimum absolute atomic E-state index is 0.319. The monoisotopic (exact) mass is 257 g/mol. The van der Waals surface area contributed by atoms with Gasteiger partial charge in [0, 0.05) is 6.54 Å². The van der Waals surface area contributed by atoms with E-state index in [4.69, 9.17) is 4.74 Å². The lowest BCUT2D eigenvalue weighted by molar-refractivity contribution is -0.152. The molecule has 0 unspecified atom stereocenters. The Morgan fingerprint density at radius 3 is 2.44 bits per heavy atom. The smallest absolute Gasteiger partial charge is 0.325 e. The largest absolute Gasteiger partial charge is 0.468 e. The van der Waals surface area contributed by atoms with Crippen LogP contribution in [0.4, 0.5) is 8.78 Å². The third-order valence-corrected chi connectivity index (χ3v) is 3.04. The van der Waals surface area contributed by atoms with Gasteiger partial charge < -0.3 is 4.74 Å². The highest BCUT2D eigenvalue weighted by molar-refractivity contribution is 5.79. The number of halogens is 2. The van der Waals surface area contributed by atoms with Crippen LogP contribution in [0.5, 0.6) is 0 Å². The van der Waals surface area contributed by atoms with Gasteiger partial charge in [0.1, 0.15) is 5.54 Å². The number of nitrogens with zero attached hydrogens (tertiary/aromatic N) is 1. The van der Waals surface area contributed by atoms with Crippen LogP contribution < -0.4 is 0 Å². The number of carbonyl (C=O) groups excluding carboxylic acids is 1. The zero-order valence-electron chi connectivity index (χ0n) is 11.0. The molecule has 0 amide bonds. The normalized spacial score (nSPS) is 11.7. The summed E-state index contributed by atoms with van der Waals surface area (Å²) in [5.41, 5.74) is -0.243. The molecular weight excluding hydrogens is 240 g/mol. The number of carbonyl (C=O) groups is 1. The van der Waals surface area contributed by atoms with E-state index in [1.54, 1.807) is 25.8 Å². The first-order chi connectivity index (χ1) is 8.28. The molecule has 0 fully saturated rings. The maximum absolute atomic E-state index is 13.1. The van der Waals surface area contributed by atoms with Crippen molar-refractivity contribution in [3.05, 3.63) is 35.4 Å². The number of methoxy groups -OCH3 is 1. The van der Waals surface area contributed by atoms with Crippen molar-refractivity contribution < 1.29 is 18.3 Å². The second-order valence-electron chi connectivity index (χ2n) is 4.66. The van der Waals surface area contributed by atoms with Gasteiger partial charge in [-0.05, 0) is 38.6 Å². The van der Waals surface area contributed by atoms with Crippen LogP contribution in [0.3, 0.4) is 0 Å². The Morgan fingerprint density at radius 2 is 1.94 bits per heavy atom. The standard InChI is InChI=1S/C13H17F2NO2/c1-13(2,12(17)18-4)16(3)8-9-5-6-10(14)11(15)7-9/h5-7H,8H2,1-4H3. The lowest BCUT2D eigenvalue weighted by Gasteiger charge is -2.32. The maximum atomic E-state index is 13.1. The third-order valence-electron chi connectivity index (χ3n) is 3.04. The summed E-state index contributed by atoms with van der Waals surface area (Å²) in [6.07, 6.45) is 0. The van der Waals surface area contributed by atoms with Crippen molar-refractivity contribution >= 4 is 5.97 Å². The first-order valence-electron chi connectivity index (χ1n) is 5.52. The van der Waals surface area contributed by atoms with E-state index in [2.05, 4.69) is 0 Å². The van der Waals surface area contributed by atoms with Gasteiger partial charge >= 0.3 is 5.97 Å². The van der Waals surface area contributed by atoms with Gasteiger partial charge in [-0.1, -0.05) is 6.07 Å². The summed E-state index contributed by atoms with van der Waals surface area (Å²) in [5, 5.41) is 0. The lowest BCUT2D eigenvalue weighted by Crippen LogP contribution is -2.48. The van der Waals surface area contributed by atoms with Crippen molar-refractivity contribution in [2.24, 2.45) is 0 Å². The number of likely N-dealkylation sites (N-methyl/N-ethyl adjacent to an activating group) is 1. The molecule has 0 aliphatic rings. The highest BCUT2D eigenvalue weighted by atomic mass is 19.2. The minimum atomic E-state index is -0.892. The van der Waals surface area contributed by atoms with E-state index in [1.807, 2.05) is 0 Å². The number of hydrogen-bond acceptors (Lipinski definition) is 3. The molecule has 0 atom stereocenters. The van der Waals surface area contributed by atoms with Crippen molar-refractivity contribution in [1.82, 2.24) is 4.90 Å². The molecular formula is C13H17F2NO2. The van der Waals surface area contributed by atoms with Crippen LogP contribution in [0.25, 0.3) is 0 Å². The molecule has 3 nitrogen and oxygen atoms in total. The Balaban J connectivity index is 2.84. The molecule has 0 aliphatic heterocycles. The molecule has 1 aromatic rings.